The van der Waals surface area contributed by atoms with Gasteiger partial charge in [-0.25, -0.2) is 0 Å². The molecule has 0 bridgehead atoms. The maximum atomic E-state index is 13.7. The molecule has 4 fully saturated rings. The van der Waals surface area contributed by atoms with Gasteiger partial charge in [-0.3, -0.25) is 19.8 Å². The third-order valence-corrected chi connectivity index (χ3v) is 10.3. The number of ether oxygens (including phenoxy) is 1. The first-order chi connectivity index (χ1) is 19.1. The summed E-state index contributed by atoms with van der Waals surface area (Å²) in [5.74, 6) is 3.81. The van der Waals surface area contributed by atoms with Crippen LogP contribution in [-0.4, -0.2) is 54.2 Å². The number of ketones is 1. The van der Waals surface area contributed by atoms with Crippen LogP contribution in [0.25, 0.3) is 0 Å². The average molecular weight is 563 g/mol. The van der Waals surface area contributed by atoms with Gasteiger partial charge in [0.2, 0.25) is 5.91 Å². The Morgan fingerprint density at radius 3 is 2.62 bits per heavy atom. The van der Waals surface area contributed by atoms with E-state index in [2.05, 4.69) is 33.3 Å². The smallest absolute Gasteiger partial charge is 0.337 e. The maximum absolute atomic E-state index is 13.7. The molecule has 0 aromatic heterocycles. The Kier molecular flexibility index (Phi) is 8.61. The first kappa shape index (κ1) is 29.1. The quantitative estimate of drug-likeness (QED) is 0.348. The Morgan fingerprint density at radius 1 is 1.12 bits per heavy atom. The van der Waals surface area contributed by atoms with Gasteiger partial charge in [-0.2, -0.15) is 5.11 Å². The van der Waals surface area contributed by atoms with Gasteiger partial charge < -0.3 is 4.90 Å². The highest BCUT2D eigenvalue weighted by Crippen LogP contribution is 2.48. The summed E-state index contributed by atoms with van der Waals surface area (Å²) in [5.41, 5.74) is 2.69. The molecule has 2 heterocycles. The molecule has 0 aromatic rings. The van der Waals surface area contributed by atoms with Gasteiger partial charge in [0.25, 0.3) is 0 Å². The molecule has 0 spiro atoms. The Bertz CT molecular complexity index is 1050. The first-order valence-corrected chi connectivity index (χ1v) is 15.0. The zero-order valence-corrected chi connectivity index (χ0v) is 23.2. The number of Topliss-reactive ketones (excluding diaryl/α,β-unsaturated/α-hetero) is 1. The lowest BCUT2D eigenvalue weighted by Gasteiger charge is -2.38. The van der Waals surface area contributed by atoms with Gasteiger partial charge in [-0.15, -0.1) is 19.6 Å². The zero-order valence-electron chi connectivity index (χ0n) is 23.2. The summed E-state index contributed by atoms with van der Waals surface area (Å²) in [4.78, 5) is 28.7. The topological polar surface area (TPSA) is 83.4 Å². The van der Waals surface area contributed by atoms with Crippen molar-refractivity contribution in [3.8, 4) is 12.3 Å². The van der Waals surface area contributed by atoms with Crippen molar-refractivity contribution in [3.63, 3.8) is 0 Å². The summed E-state index contributed by atoms with van der Waals surface area (Å²) in [5, 5.41) is 8.21. The molecule has 3 saturated carbocycles. The van der Waals surface area contributed by atoms with Crippen LogP contribution < -0.4 is 5.43 Å². The van der Waals surface area contributed by atoms with E-state index in [4.69, 9.17) is 6.42 Å². The molecule has 3 aliphatic carbocycles. The summed E-state index contributed by atoms with van der Waals surface area (Å²) in [6.07, 6.45) is 11.8. The van der Waals surface area contributed by atoms with Crippen LogP contribution in [0.3, 0.4) is 0 Å². The fourth-order valence-corrected chi connectivity index (χ4v) is 8.01. The van der Waals surface area contributed by atoms with Crippen LogP contribution in [0.2, 0.25) is 0 Å². The summed E-state index contributed by atoms with van der Waals surface area (Å²) >= 11 is 0. The molecule has 7 atom stereocenters. The van der Waals surface area contributed by atoms with Crippen molar-refractivity contribution >= 4 is 11.7 Å². The number of carbonyl (C=O) groups is 2. The van der Waals surface area contributed by atoms with E-state index in [-0.39, 0.29) is 53.0 Å². The minimum absolute atomic E-state index is 0.00806. The SMILES string of the molecule is C#CC12CCCC(C(=O)C3CCC4N=NNC4C3)C(C)CC1CN(C(=O)C=CC1CCC(OC(F)(F)F)CC1)C2. The van der Waals surface area contributed by atoms with Crippen molar-refractivity contribution in [3.05, 3.63) is 12.2 Å². The van der Waals surface area contributed by atoms with Crippen LogP contribution in [0, 0.1) is 47.3 Å². The number of terminal acetylenes is 1. The van der Waals surface area contributed by atoms with E-state index in [1.807, 2.05) is 11.0 Å². The summed E-state index contributed by atoms with van der Waals surface area (Å²) in [7, 11) is 0. The van der Waals surface area contributed by atoms with E-state index in [1.165, 1.54) is 0 Å². The van der Waals surface area contributed by atoms with Crippen molar-refractivity contribution in [2.24, 2.45) is 45.3 Å². The third-order valence-electron chi connectivity index (χ3n) is 10.3. The largest absolute Gasteiger partial charge is 0.522 e. The average Bonchev–Trinajstić information content (AvgIpc) is 3.53. The molecule has 2 aliphatic heterocycles. The van der Waals surface area contributed by atoms with E-state index in [0.29, 0.717) is 44.6 Å². The molecular weight excluding hydrogens is 521 g/mol. The molecule has 10 heteroatoms. The molecule has 0 aromatic carbocycles. The number of nitrogens with zero attached hydrogens (tertiary/aromatic N) is 3. The molecule has 1 amide bonds. The number of amides is 1. The Morgan fingerprint density at radius 2 is 1.90 bits per heavy atom. The Hall–Kier alpha value is -2.41. The van der Waals surface area contributed by atoms with Crippen molar-refractivity contribution in [2.45, 2.75) is 102 Å². The number of allylic oxidation sites excluding steroid dienone is 1. The van der Waals surface area contributed by atoms with Crippen molar-refractivity contribution < 1.29 is 27.5 Å². The number of fused-ring (bicyclic) bond motifs is 2. The second-order valence-electron chi connectivity index (χ2n) is 12.8. The highest BCUT2D eigenvalue weighted by molar-refractivity contribution is 5.88. The molecule has 5 aliphatic rings. The second-order valence-corrected chi connectivity index (χ2v) is 12.8. The van der Waals surface area contributed by atoms with E-state index in [1.54, 1.807) is 6.08 Å². The lowest BCUT2D eigenvalue weighted by atomic mass is 9.64. The first-order valence-electron chi connectivity index (χ1n) is 15.0. The number of rotatable bonds is 5. The molecular formula is C30H41F3N4O3. The van der Waals surface area contributed by atoms with E-state index in [0.717, 1.165) is 44.9 Å². The fourth-order valence-electron chi connectivity index (χ4n) is 8.01. The predicted molar refractivity (Wildman–Crippen MR) is 142 cm³/mol. The number of hydrogen-bond donors (Lipinski definition) is 1. The molecule has 1 N–H and O–H groups in total. The molecule has 7 nitrogen and oxygen atoms in total. The van der Waals surface area contributed by atoms with Gasteiger partial charge in [0, 0.05) is 24.9 Å². The fraction of sp³-hybridized carbons (Fsp3) is 0.800. The normalized spacial score (nSPS) is 40.0. The second kappa shape index (κ2) is 11.8. The number of hydrogen-bond acceptors (Lipinski definition) is 6. The molecule has 7 unspecified atom stereocenters. The lowest BCUT2D eigenvalue weighted by Crippen LogP contribution is -2.42. The molecule has 1 saturated heterocycles. The van der Waals surface area contributed by atoms with Gasteiger partial charge in [-0.1, -0.05) is 30.6 Å². The summed E-state index contributed by atoms with van der Waals surface area (Å²) in [6.45, 7) is 3.26. The number of nitrogens with one attached hydrogen (secondary N) is 1. The molecule has 220 valence electrons. The standard InChI is InChI=1S/C30H41F3N4O3/c1-3-29-14-4-5-24(28(39)21-9-12-25-26(16-21)35-36-34-25)19(2)15-22(29)17-37(18-29)27(38)13-8-20-6-10-23(11-7-20)40-30(31,32)33/h1,8,13,19-26H,4-7,9-12,14-18H2,2H3,(H,34,35). The van der Waals surface area contributed by atoms with Crippen LogP contribution in [0.1, 0.15) is 77.6 Å². The van der Waals surface area contributed by atoms with Gasteiger partial charge >= 0.3 is 6.36 Å². The van der Waals surface area contributed by atoms with Crippen LogP contribution >= 0.6 is 0 Å². The lowest BCUT2D eigenvalue weighted by molar-refractivity contribution is -0.345. The Balaban J connectivity index is 1.16. The minimum Gasteiger partial charge on any atom is -0.337 e. The zero-order chi connectivity index (χ0) is 28.5. The monoisotopic (exact) mass is 562 g/mol. The van der Waals surface area contributed by atoms with E-state index >= 15 is 0 Å². The number of halogens is 3. The predicted octanol–water partition coefficient (Wildman–Crippen LogP) is 5.62. The van der Waals surface area contributed by atoms with Gasteiger partial charge in [0.1, 0.15) is 5.78 Å². The third kappa shape index (κ3) is 6.40. The highest BCUT2D eigenvalue weighted by atomic mass is 19.4. The van der Waals surface area contributed by atoms with Crippen LogP contribution in [0.4, 0.5) is 13.2 Å². The van der Waals surface area contributed by atoms with Crippen LogP contribution in [0.15, 0.2) is 22.5 Å². The van der Waals surface area contributed by atoms with Gasteiger partial charge in [0.05, 0.1) is 23.6 Å². The van der Waals surface area contributed by atoms with Crippen molar-refractivity contribution in [1.82, 2.24) is 10.3 Å². The van der Waals surface area contributed by atoms with Gasteiger partial charge in [-0.05, 0) is 88.0 Å². The number of alkyl halides is 3. The molecule has 5 rings (SSSR count). The molecule has 0 radical (unpaired) electrons. The Labute approximate surface area is 234 Å². The van der Waals surface area contributed by atoms with Crippen molar-refractivity contribution in [1.29, 1.82) is 0 Å². The molecule has 40 heavy (non-hydrogen) atoms. The van der Waals surface area contributed by atoms with Crippen molar-refractivity contribution in [2.75, 3.05) is 13.1 Å². The highest BCUT2D eigenvalue weighted by Gasteiger charge is 2.49. The maximum Gasteiger partial charge on any atom is 0.522 e. The van der Waals surface area contributed by atoms with Crippen LogP contribution in [-0.2, 0) is 14.3 Å². The minimum atomic E-state index is -4.61. The van der Waals surface area contributed by atoms with E-state index < -0.39 is 12.5 Å². The van der Waals surface area contributed by atoms with Gasteiger partial charge in [0.15, 0.2) is 0 Å². The van der Waals surface area contributed by atoms with Crippen LogP contribution in [0.5, 0.6) is 0 Å². The number of likely N-dealkylation sites (tertiary alicyclic amines) is 1. The number of carbonyl (C=O) groups excluding carboxylic acids is 2. The van der Waals surface area contributed by atoms with E-state index in [9.17, 15) is 22.8 Å². The summed E-state index contributed by atoms with van der Waals surface area (Å²) < 4.78 is 41.6. The summed E-state index contributed by atoms with van der Waals surface area (Å²) in [6, 6.07) is 0.371.